The topological polar surface area (TPSA) is 80.4 Å². The van der Waals surface area contributed by atoms with Crippen LogP contribution in [0.1, 0.15) is 56.4 Å². The summed E-state index contributed by atoms with van der Waals surface area (Å²) in [5.74, 6) is -2.69. The summed E-state index contributed by atoms with van der Waals surface area (Å²) < 4.78 is 4.75. The molecule has 0 spiro atoms. The number of carboxylic acid groups (broad SMARTS) is 1. The van der Waals surface area contributed by atoms with E-state index in [-0.39, 0.29) is 11.6 Å². The summed E-state index contributed by atoms with van der Waals surface area (Å²) in [5, 5.41) is 9.32. The number of oxazole rings is 1. The number of carboxylic acids is 1. The van der Waals surface area contributed by atoms with Crippen LogP contribution in [0.15, 0.2) is 17.1 Å². The summed E-state index contributed by atoms with van der Waals surface area (Å²) in [5.41, 5.74) is 0.0985. The van der Waals surface area contributed by atoms with E-state index in [2.05, 4.69) is 11.9 Å². The van der Waals surface area contributed by atoms with Gasteiger partial charge in [0.1, 0.15) is 17.9 Å². The molecule has 5 heteroatoms. The lowest BCUT2D eigenvalue weighted by atomic mass is 9.82. The second-order valence-corrected chi connectivity index (χ2v) is 4.72. The molecule has 1 aromatic rings. The van der Waals surface area contributed by atoms with Crippen molar-refractivity contribution >= 4 is 11.8 Å². The second kappa shape index (κ2) is 7.71. The molecular formula is C14H21NO4. The maximum Gasteiger partial charge on any atom is 0.314 e. The molecular weight excluding hydrogens is 246 g/mol. The summed E-state index contributed by atoms with van der Waals surface area (Å²) in [6.45, 7) is 4.01. The summed E-state index contributed by atoms with van der Waals surface area (Å²) in [6.07, 6.45) is 6.85. The van der Waals surface area contributed by atoms with Crippen LogP contribution >= 0.6 is 0 Å². The Labute approximate surface area is 113 Å². The van der Waals surface area contributed by atoms with Crippen LogP contribution in [0.25, 0.3) is 0 Å². The van der Waals surface area contributed by atoms with Gasteiger partial charge in [0.05, 0.1) is 0 Å². The third kappa shape index (κ3) is 4.19. The predicted octanol–water partition coefficient (Wildman–Crippen LogP) is 3.16. The lowest BCUT2D eigenvalue weighted by molar-refractivity contribution is -0.141. The van der Waals surface area contributed by atoms with Crippen molar-refractivity contribution in [3.8, 4) is 0 Å². The average molecular weight is 267 g/mol. The number of carbonyl (C=O) groups excluding carboxylic acids is 1. The quantitative estimate of drug-likeness (QED) is 0.422. The van der Waals surface area contributed by atoms with Crippen LogP contribution in [-0.2, 0) is 4.79 Å². The van der Waals surface area contributed by atoms with Gasteiger partial charge in [0.25, 0.3) is 0 Å². The monoisotopic (exact) mass is 267 g/mol. The number of hydrogen-bond acceptors (Lipinski definition) is 4. The van der Waals surface area contributed by atoms with Gasteiger partial charge in [0.15, 0.2) is 12.2 Å². The first-order valence-electron chi connectivity index (χ1n) is 6.77. The summed E-state index contributed by atoms with van der Waals surface area (Å²) in [4.78, 5) is 27.3. The number of aromatic nitrogens is 1. The van der Waals surface area contributed by atoms with Gasteiger partial charge >= 0.3 is 5.97 Å². The van der Waals surface area contributed by atoms with E-state index in [1.807, 2.05) is 6.92 Å². The zero-order valence-electron chi connectivity index (χ0n) is 11.5. The molecule has 0 bridgehead atoms. The number of carbonyl (C=O) groups is 2. The lowest BCUT2D eigenvalue weighted by Gasteiger charge is -2.20. The molecule has 0 radical (unpaired) electrons. The Kier molecular flexibility index (Phi) is 6.25. The molecule has 0 amide bonds. The molecule has 0 aliphatic heterocycles. The van der Waals surface area contributed by atoms with Crippen molar-refractivity contribution in [2.24, 2.45) is 11.8 Å². The third-order valence-electron chi connectivity index (χ3n) is 3.41. The molecule has 1 heterocycles. The minimum Gasteiger partial charge on any atom is -0.481 e. The van der Waals surface area contributed by atoms with Gasteiger partial charge in [-0.3, -0.25) is 9.59 Å². The third-order valence-corrected chi connectivity index (χ3v) is 3.41. The number of nitrogens with zero attached hydrogens (tertiary/aromatic N) is 1. The Morgan fingerprint density at radius 1 is 1.37 bits per heavy atom. The molecule has 1 aromatic heterocycles. The number of unbranched alkanes of at least 4 members (excludes halogenated alkanes) is 2. The van der Waals surface area contributed by atoms with Gasteiger partial charge in [-0.1, -0.05) is 39.5 Å². The van der Waals surface area contributed by atoms with Gasteiger partial charge in [-0.2, -0.15) is 0 Å². The van der Waals surface area contributed by atoms with Crippen molar-refractivity contribution < 1.29 is 19.1 Å². The maximum atomic E-state index is 12.2. The van der Waals surface area contributed by atoms with Crippen LogP contribution in [0.5, 0.6) is 0 Å². The molecule has 0 saturated carbocycles. The van der Waals surface area contributed by atoms with Crippen molar-refractivity contribution in [2.45, 2.75) is 46.0 Å². The fourth-order valence-electron chi connectivity index (χ4n) is 2.28. The molecule has 0 aliphatic carbocycles. The highest BCUT2D eigenvalue weighted by Crippen LogP contribution is 2.26. The Morgan fingerprint density at radius 3 is 2.58 bits per heavy atom. The first kappa shape index (κ1) is 15.4. The minimum absolute atomic E-state index is 0.0985. The van der Waals surface area contributed by atoms with Crippen molar-refractivity contribution in [1.82, 2.24) is 4.98 Å². The molecule has 19 heavy (non-hydrogen) atoms. The lowest BCUT2D eigenvalue weighted by Crippen LogP contribution is -2.31. The first-order chi connectivity index (χ1) is 9.11. The number of rotatable bonds is 9. The van der Waals surface area contributed by atoms with Crippen molar-refractivity contribution in [2.75, 3.05) is 0 Å². The Balaban J connectivity index is 2.80. The standard InChI is InChI=1S/C14H21NO4/c1-3-5-6-7-10(4-2)12(14(17)18)13(16)11-8-19-9-15-11/h8-10,12H,3-7H2,1-2H3,(H,17,18). The van der Waals surface area contributed by atoms with Crippen LogP contribution in [0.2, 0.25) is 0 Å². The fourth-order valence-corrected chi connectivity index (χ4v) is 2.28. The average Bonchev–Trinajstić information content (AvgIpc) is 2.90. The normalized spacial score (nSPS) is 14.0. The Morgan fingerprint density at radius 2 is 2.11 bits per heavy atom. The van der Waals surface area contributed by atoms with Gasteiger partial charge < -0.3 is 9.52 Å². The number of hydrogen-bond donors (Lipinski definition) is 1. The molecule has 1 rings (SSSR count). The molecule has 106 valence electrons. The molecule has 2 atom stereocenters. The van der Waals surface area contributed by atoms with E-state index in [1.54, 1.807) is 0 Å². The summed E-state index contributed by atoms with van der Waals surface area (Å²) in [7, 11) is 0. The van der Waals surface area contributed by atoms with Crippen molar-refractivity contribution in [1.29, 1.82) is 0 Å². The van der Waals surface area contributed by atoms with Crippen molar-refractivity contribution in [3.63, 3.8) is 0 Å². The van der Waals surface area contributed by atoms with E-state index in [9.17, 15) is 14.7 Å². The van der Waals surface area contributed by atoms with Gasteiger partial charge in [0.2, 0.25) is 0 Å². The number of aliphatic carboxylic acids is 1. The van der Waals surface area contributed by atoms with Crippen molar-refractivity contribution in [3.05, 3.63) is 18.4 Å². The van der Waals surface area contributed by atoms with Gasteiger partial charge in [-0.25, -0.2) is 4.98 Å². The van der Waals surface area contributed by atoms with E-state index < -0.39 is 17.7 Å². The van der Waals surface area contributed by atoms with Crippen LogP contribution < -0.4 is 0 Å². The van der Waals surface area contributed by atoms with E-state index in [4.69, 9.17) is 4.42 Å². The summed E-state index contributed by atoms with van der Waals surface area (Å²) >= 11 is 0. The fraction of sp³-hybridized carbons (Fsp3) is 0.643. The molecule has 0 saturated heterocycles. The highest BCUT2D eigenvalue weighted by atomic mass is 16.4. The highest BCUT2D eigenvalue weighted by molar-refractivity contribution is 6.07. The largest absolute Gasteiger partial charge is 0.481 e. The first-order valence-corrected chi connectivity index (χ1v) is 6.77. The zero-order chi connectivity index (χ0) is 14.3. The smallest absolute Gasteiger partial charge is 0.314 e. The van der Waals surface area contributed by atoms with Crippen LogP contribution in [0.4, 0.5) is 0 Å². The molecule has 2 unspecified atom stereocenters. The number of ketones is 1. The molecule has 0 aromatic carbocycles. The Hall–Kier alpha value is -1.65. The van der Waals surface area contributed by atoms with Crippen LogP contribution in [-0.4, -0.2) is 21.8 Å². The van der Waals surface area contributed by atoms with E-state index >= 15 is 0 Å². The maximum absolute atomic E-state index is 12.2. The van der Waals surface area contributed by atoms with Gasteiger partial charge in [0, 0.05) is 0 Å². The predicted molar refractivity (Wildman–Crippen MR) is 69.9 cm³/mol. The highest BCUT2D eigenvalue weighted by Gasteiger charge is 2.35. The minimum atomic E-state index is -1.07. The van der Waals surface area contributed by atoms with E-state index in [1.165, 1.54) is 6.26 Å². The molecule has 0 fully saturated rings. The van der Waals surface area contributed by atoms with Crippen LogP contribution in [0.3, 0.4) is 0 Å². The van der Waals surface area contributed by atoms with Gasteiger partial charge in [-0.05, 0) is 12.3 Å². The van der Waals surface area contributed by atoms with Crippen LogP contribution in [0, 0.1) is 11.8 Å². The second-order valence-electron chi connectivity index (χ2n) is 4.72. The molecule has 5 nitrogen and oxygen atoms in total. The molecule has 1 N–H and O–H groups in total. The van der Waals surface area contributed by atoms with Gasteiger partial charge in [-0.15, -0.1) is 0 Å². The van der Waals surface area contributed by atoms with E-state index in [0.29, 0.717) is 6.42 Å². The zero-order valence-corrected chi connectivity index (χ0v) is 11.5. The SMILES string of the molecule is CCCCCC(CC)C(C(=O)O)C(=O)c1cocn1. The van der Waals surface area contributed by atoms with E-state index in [0.717, 1.165) is 32.1 Å². The molecule has 0 aliphatic rings. The summed E-state index contributed by atoms with van der Waals surface area (Å²) in [6, 6.07) is 0. The Bertz CT molecular complexity index is 400. The number of Topliss-reactive ketones (excluding diaryl/α,β-unsaturated/α-hetero) is 1.